The lowest BCUT2D eigenvalue weighted by Gasteiger charge is -2.42. The fourth-order valence-corrected chi connectivity index (χ4v) is 7.10. The zero-order chi connectivity index (χ0) is 27.7. The molecule has 204 valence electrons. The summed E-state index contributed by atoms with van der Waals surface area (Å²) in [5.74, 6) is 0.636. The minimum atomic E-state index is -0.224. The number of anilines is 1. The summed E-state index contributed by atoms with van der Waals surface area (Å²) in [7, 11) is 1.62. The Bertz CT molecular complexity index is 1640. The molecule has 1 saturated carbocycles. The molecule has 6 nitrogen and oxygen atoms in total. The van der Waals surface area contributed by atoms with Gasteiger partial charge in [-0.2, -0.15) is 0 Å². The minimum absolute atomic E-state index is 0.0449. The van der Waals surface area contributed by atoms with Gasteiger partial charge in [0.15, 0.2) is 5.16 Å². The average molecular weight is 552 g/mol. The number of para-hydroxylation sites is 1. The first-order valence-electron chi connectivity index (χ1n) is 13.9. The summed E-state index contributed by atoms with van der Waals surface area (Å²) >= 11 is 1.28. The number of aryl methyl sites for hydroxylation is 1. The number of nitrogens with one attached hydrogen (secondary N) is 1. The van der Waals surface area contributed by atoms with E-state index in [4.69, 9.17) is 9.72 Å². The molecule has 2 aliphatic carbocycles. The van der Waals surface area contributed by atoms with E-state index < -0.39 is 0 Å². The van der Waals surface area contributed by atoms with Gasteiger partial charge in [0.1, 0.15) is 5.75 Å². The van der Waals surface area contributed by atoms with Crippen LogP contribution in [-0.4, -0.2) is 28.3 Å². The highest BCUT2D eigenvalue weighted by molar-refractivity contribution is 7.99. The first-order valence-corrected chi connectivity index (χ1v) is 14.9. The van der Waals surface area contributed by atoms with E-state index in [0.717, 1.165) is 60.2 Å². The number of carbonyl (C=O) groups is 1. The quantitative estimate of drug-likeness (QED) is 0.213. The molecule has 4 aromatic rings. The van der Waals surface area contributed by atoms with Gasteiger partial charge >= 0.3 is 0 Å². The maximum Gasteiger partial charge on any atom is 0.263 e. The smallest absolute Gasteiger partial charge is 0.263 e. The van der Waals surface area contributed by atoms with Crippen molar-refractivity contribution >= 4 is 23.4 Å². The van der Waals surface area contributed by atoms with Crippen LogP contribution in [0.1, 0.15) is 48.8 Å². The summed E-state index contributed by atoms with van der Waals surface area (Å²) in [5, 5.41) is 3.50. The standard InChI is InChI=1S/C33H33N3O3S/c1-22-11-4-7-16-27(22)34-28(37)21-40-32-35-30-26-15-6-5-12-23(26)20-33(17-8-3-9-18-33)29(30)31(38)36(32)24-13-10-14-25(19-24)39-2/h4-7,10-16,19H,3,8-9,17-18,20-21H2,1-2H3,(H,34,37). The molecule has 0 bridgehead atoms. The van der Waals surface area contributed by atoms with Gasteiger partial charge in [0.05, 0.1) is 29.8 Å². The molecule has 3 aromatic carbocycles. The van der Waals surface area contributed by atoms with Gasteiger partial charge in [-0.25, -0.2) is 4.98 Å². The van der Waals surface area contributed by atoms with Crippen molar-refractivity contribution < 1.29 is 9.53 Å². The van der Waals surface area contributed by atoms with Crippen molar-refractivity contribution in [2.24, 2.45) is 0 Å². The Labute approximate surface area is 238 Å². The second-order valence-corrected chi connectivity index (χ2v) is 11.7. The van der Waals surface area contributed by atoms with Gasteiger partial charge in [-0.15, -0.1) is 0 Å². The molecule has 1 fully saturated rings. The first kappa shape index (κ1) is 26.4. The summed E-state index contributed by atoms with van der Waals surface area (Å²) < 4.78 is 7.19. The van der Waals surface area contributed by atoms with E-state index in [-0.39, 0.29) is 22.6 Å². The number of thioether (sulfide) groups is 1. The van der Waals surface area contributed by atoms with Crippen LogP contribution in [0, 0.1) is 6.92 Å². The van der Waals surface area contributed by atoms with Crippen LogP contribution in [0.15, 0.2) is 82.7 Å². The Balaban J connectivity index is 1.48. The van der Waals surface area contributed by atoms with Gasteiger partial charge in [0, 0.05) is 22.7 Å². The maximum atomic E-state index is 14.7. The second-order valence-electron chi connectivity index (χ2n) is 10.8. The number of ether oxygens (including phenoxy) is 1. The van der Waals surface area contributed by atoms with Crippen LogP contribution in [0.4, 0.5) is 5.69 Å². The molecule has 1 spiro atoms. The molecule has 6 rings (SSSR count). The monoisotopic (exact) mass is 551 g/mol. The lowest BCUT2D eigenvalue weighted by molar-refractivity contribution is -0.113. The second kappa shape index (κ2) is 11.0. The highest BCUT2D eigenvalue weighted by atomic mass is 32.2. The predicted molar refractivity (Wildman–Crippen MR) is 161 cm³/mol. The Morgan fingerprint density at radius 1 is 1.02 bits per heavy atom. The molecule has 1 aromatic heterocycles. The normalized spacial score (nSPS) is 15.2. The van der Waals surface area contributed by atoms with Gasteiger partial charge < -0.3 is 10.1 Å². The van der Waals surface area contributed by atoms with Crippen molar-refractivity contribution in [3.8, 4) is 22.7 Å². The summed E-state index contributed by atoms with van der Waals surface area (Å²) in [6.07, 6.45) is 6.23. The number of rotatable bonds is 6. The average Bonchev–Trinajstić information content (AvgIpc) is 2.97. The van der Waals surface area contributed by atoms with Crippen LogP contribution in [0.25, 0.3) is 16.9 Å². The molecular formula is C33H33N3O3S. The van der Waals surface area contributed by atoms with Crippen molar-refractivity contribution in [1.29, 1.82) is 0 Å². The lowest BCUT2D eigenvalue weighted by Crippen LogP contribution is -2.43. The largest absolute Gasteiger partial charge is 0.497 e. The van der Waals surface area contributed by atoms with Crippen molar-refractivity contribution in [2.45, 2.75) is 56.0 Å². The fraction of sp³-hybridized carbons (Fsp3) is 0.303. The van der Waals surface area contributed by atoms with Crippen LogP contribution < -0.4 is 15.6 Å². The van der Waals surface area contributed by atoms with E-state index in [2.05, 4.69) is 23.5 Å². The SMILES string of the molecule is COc1cccc(-n2c(SCC(=O)Nc3ccccc3C)nc3c(c2=O)C2(CCCCC2)Cc2ccccc2-3)c1. The highest BCUT2D eigenvalue weighted by Gasteiger charge is 2.43. The number of fused-ring (bicyclic) bond motifs is 4. The highest BCUT2D eigenvalue weighted by Crippen LogP contribution is 2.49. The molecule has 0 atom stereocenters. The van der Waals surface area contributed by atoms with Crippen LogP contribution in [0.2, 0.25) is 0 Å². The summed E-state index contributed by atoms with van der Waals surface area (Å²) in [6, 6.07) is 23.5. The number of aromatic nitrogens is 2. The third-order valence-electron chi connectivity index (χ3n) is 8.26. The van der Waals surface area contributed by atoms with Crippen molar-refractivity contribution in [3.63, 3.8) is 0 Å². The molecule has 1 heterocycles. The molecule has 0 aliphatic heterocycles. The first-order chi connectivity index (χ1) is 19.5. The molecule has 1 amide bonds. The van der Waals surface area contributed by atoms with E-state index >= 15 is 0 Å². The third-order valence-corrected chi connectivity index (χ3v) is 9.20. The molecule has 40 heavy (non-hydrogen) atoms. The number of methoxy groups -OCH3 is 1. The number of hydrogen-bond acceptors (Lipinski definition) is 5. The molecule has 7 heteroatoms. The number of nitrogens with zero attached hydrogens (tertiary/aromatic N) is 2. The zero-order valence-electron chi connectivity index (χ0n) is 22.9. The molecular weight excluding hydrogens is 518 g/mol. The Hall–Kier alpha value is -3.84. The predicted octanol–water partition coefficient (Wildman–Crippen LogP) is 6.71. The lowest BCUT2D eigenvalue weighted by atomic mass is 9.62. The van der Waals surface area contributed by atoms with Crippen LogP contribution in [0.3, 0.4) is 0 Å². The van der Waals surface area contributed by atoms with Gasteiger partial charge in [-0.05, 0) is 55.5 Å². The summed E-state index contributed by atoms with van der Waals surface area (Å²) in [4.78, 5) is 32.9. The maximum absolute atomic E-state index is 14.7. The van der Waals surface area contributed by atoms with Crippen LogP contribution >= 0.6 is 11.8 Å². The molecule has 0 radical (unpaired) electrons. The van der Waals surface area contributed by atoms with E-state index in [9.17, 15) is 9.59 Å². The van der Waals surface area contributed by atoms with Crippen LogP contribution in [0.5, 0.6) is 5.75 Å². The van der Waals surface area contributed by atoms with E-state index in [1.807, 2.05) is 61.5 Å². The third kappa shape index (κ3) is 4.83. The number of carbonyl (C=O) groups excluding carboxylic acids is 1. The topological polar surface area (TPSA) is 73.2 Å². The molecule has 0 saturated heterocycles. The molecule has 1 N–H and O–H groups in total. The Morgan fingerprint density at radius 3 is 2.60 bits per heavy atom. The van der Waals surface area contributed by atoms with Gasteiger partial charge in [-0.1, -0.05) is 79.6 Å². The Kier molecular flexibility index (Phi) is 7.24. The van der Waals surface area contributed by atoms with Crippen LogP contribution in [-0.2, 0) is 16.6 Å². The zero-order valence-corrected chi connectivity index (χ0v) is 23.7. The van der Waals surface area contributed by atoms with Crippen molar-refractivity contribution in [3.05, 3.63) is 99.8 Å². The fourth-order valence-electron chi connectivity index (χ4n) is 6.29. The molecule has 0 unspecified atom stereocenters. The van der Waals surface area contributed by atoms with E-state index in [1.54, 1.807) is 11.7 Å². The minimum Gasteiger partial charge on any atom is -0.497 e. The van der Waals surface area contributed by atoms with E-state index in [1.165, 1.54) is 23.7 Å². The number of benzene rings is 3. The number of amides is 1. The molecule has 2 aliphatic rings. The van der Waals surface area contributed by atoms with Gasteiger partial charge in [0.2, 0.25) is 5.91 Å². The van der Waals surface area contributed by atoms with Crippen molar-refractivity contribution in [2.75, 3.05) is 18.2 Å². The van der Waals surface area contributed by atoms with E-state index in [0.29, 0.717) is 16.6 Å². The summed E-state index contributed by atoms with van der Waals surface area (Å²) in [6.45, 7) is 1.97. The Morgan fingerprint density at radius 2 is 1.80 bits per heavy atom. The van der Waals surface area contributed by atoms with Crippen molar-refractivity contribution in [1.82, 2.24) is 9.55 Å². The van der Waals surface area contributed by atoms with Gasteiger partial charge in [-0.3, -0.25) is 14.2 Å². The van der Waals surface area contributed by atoms with Gasteiger partial charge in [0.25, 0.3) is 5.56 Å². The number of hydrogen-bond donors (Lipinski definition) is 1. The summed E-state index contributed by atoms with van der Waals surface area (Å²) in [5.41, 5.74) is 6.06.